The predicted octanol–water partition coefficient (Wildman–Crippen LogP) is -1.48. The quantitative estimate of drug-likeness (QED) is 0.538. The third-order valence-electron chi connectivity index (χ3n) is 3.65. The molecule has 10 heteroatoms. The molecule has 1 aliphatic carbocycles. The Labute approximate surface area is 135 Å². The summed E-state index contributed by atoms with van der Waals surface area (Å²) in [7, 11) is 3.70. The molecule has 24 heavy (non-hydrogen) atoms. The maximum absolute atomic E-state index is 11.3. The van der Waals surface area contributed by atoms with Gasteiger partial charge in [0.05, 0.1) is 12.2 Å². The number of rotatable bonds is 3. The molecule has 1 aliphatic rings. The third kappa shape index (κ3) is 2.51. The fourth-order valence-corrected chi connectivity index (χ4v) is 2.27. The van der Waals surface area contributed by atoms with E-state index in [-0.39, 0.29) is 11.6 Å². The number of aromatic nitrogens is 6. The summed E-state index contributed by atoms with van der Waals surface area (Å²) in [6.45, 7) is 0. The first kappa shape index (κ1) is 14.4. The molecule has 0 bridgehead atoms. The van der Waals surface area contributed by atoms with Crippen LogP contribution in [0.2, 0.25) is 0 Å². The molecule has 0 spiro atoms. The van der Waals surface area contributed by atoms with E-state index < -0.39 is 5.69 Å². The average molecular weight is 328 g/mol. The van der Waals surface area contributed by atoms with Crippen molar-refractivity contribution in [1.82, 2.24) is 29.5 Å². The van der Waals surface area contributed by atoms with E-state index in [1.54, 1.807) is 21.7 Å². The highest BCUT2D eigenvalue weighted by molar-refractivity contribution is 5.57. The normalized spacial score (nSPS) is 16.2. The van der Waals surface area contributed by atoms with E-state index in [0.29, 0.717) is 28.5 Å². The minimum Gasteiger partial charge on any atom is -0.493 e. The number of anilines is 1. The van der Waals surface area contributed by atoms with Crippen molar-refractivity contribution in [1.29, 1.82) is 0 Å². The van der Waals surface area contributed by atoms with Gasteiger partial charge in [-0.2, -0.15) is 19.6 Å². The predicted molar refractivity (Wildman–Crippen MR) is 85.6 cm³/mol. The van der Waals surface area contributed by atoms with Crippen LogP contribution in [0.25, 0.3) is 11.7 Å². The lowest BCUT2D eigenvalue weighted by Gasteiger charge is -2.09. The van der Waals surface area contributed by atoms with Gasteiger partial charge in [0.25, 0.3) is 5.62 Å². The number of nitrogens with zero attached hydrogens (tertiary/aromatic N) is 6. The van der Waals surface area contributed by atoms with E-state index in [2.05, 4.69) is 30.0 Å². The van der Waals surface area contributed by atoms with Gasteiger partial charge in [-0.05, 0) is 18.9 Å². The van der Waals surface area contributed by atoms with Crippen molar-refractivity contribution in [2.75, 3.05) is 19.0 Å². The van der Waals surface area contributed by atoms with Crippen LogP contribution in [0.1, 0.15) is 18.5 Å². The Morgan fingerprint density at radius 1 is 1.38 bits per heavy atom. The molecule has 3 heterocycles. The van der Waals surface area contributed by atoms with E-state index in [1.165, 1.54) is 0 Å². The highest BCUT2D eigenvalue weighted by Crippen LogP contribution is 2.22. The molecule has 0 unspecified atom stereocenters. The van der Waals surface area contributed by atoms with Crippen molar-refractivity contribution in [3.05, 3.63) is 33.2 Å². The van der Waals surface area contributed by atoms with E-state index in [9.17, 15) is 9.90 Å². The molecular weight excluding hydrogens is 312 g/mol. The van der Waals surface area contributed by atoms with Gasteiger partial charge in [-0.15, -0.1) is 0 Å². The van der Waals surface area contributed by atoms with Crippen LogP contribution >= 0.6 is 0 Å². The Balaban J connectivity index is 1.99. The van der Waals surface area contributed by atoms with Gasteiger partial charge in [0.2, 0.25) is 11.8 Å². The van der Waals surface area contributed by atoms with Gasteiger partial charge >= 0.3 is 5.69 Å². The zero-order valence-corrected chi connectivity index (χ0v) is 13.2. The summed E-state index contributed by atoms with van der Waals surface area (Å²) in [5.41, 5.74) is 0.830. The Hall–Kier alpha value is -3.17. The standard InChI is InChI=1S/C14H16N8O2/c1-21(2)12-18-10-7(5-9-11(23)19-14(24)17-9)6-15-22(10)13(20-12)16-8-3-4-8/h5-6,8,23H,3-4H2,1-2H3,(H2,17,19,24). The second-order valence-electron chi connectivity index (χ2n) is 5.90. The molecule has 4 rings (SSSR count). The second-order valence-corrected chi connectivity index (χ2v) is 5.90. The lowest BCUT2D eigenvalue weighted by atomic mass is 10.3. The summed E-state index contributed by atoms with van der Waals surface area (Å²) in [5, 5.41) is 14.7. The molecular formula is C14H16N8O2. The van der Waals surface area contributed by atoms with Crippen LogP contribution in [0.15, 0.2) is 16.0 Å². The SMILES string of the molecule is CN(C)c1nc(=NC2CC2)n2ncc(=Cc3[nH]c(=O)[nH]c3O)c2n1. The summed E-state index contributed by atoms with van der Waals surface area (Å²) in [4.78, 5) is 31.4. The molecule has 3 aromatic heterocycles. The molecule has 0 aliphatic heterocycles. The fourth-order valence-electron chi connectivity index (χ4n) is 2.27. The number of fused-ring (bicyclic) bond motifs is 1. The van der Waals surface area contributed by atoms with Crippen LogP contribution < -0.4 is 21.4 Å². The van der Waals surface area contributed by atoms with Crippen molar-refractivity contribution >= 4 is 17.7 Å². The first-order valence-electron chi connectivity index (χ1n) is 7.51. The number of hydrogen-bond acceptors (Lipinski definition) is 7. The maximum Gasteiger partial charge on any atom is 0.326 e. The molecule has 10 nitrogen and oxygen atoms in total. The molecule has 1 fully saturated rings. The zero-order valence-electron chi connectivity index (χ0n) is 13.2. The topological polar surface area (TPSA) is 128 Å². The zero-order chi connectivity index (χ0) is 16.8. The highest BCUT2D eigenvalue weighted by atomic mass is 16.3. The lowest BCUT2D eigenvalue weighted by molar-refractivity contribution is 0.454. The number of aromatic hydroxyl groups is 1. The van der Waals surface area contributed by atoms with Crippen molar-refractivity contribution in [2.24, 2.45) is 4.99 Å². The largest absolute Gasteiger partial charge is 0.493 e. The number of H-pyrrole nitrogens is 2. The molecule has 0 radical (unpaired) electrons. The summed E-state index contributed by atoms with van der Waals surface area (Å²) in [6.07, 6.45) is 5.31. The maximum atomic E-state index is 11.3. The summed E-state index contributed by atoms with van der Waals surface area (Å²) >= 11 is 0. The third-order valence-corrected chi connectivity index (χ3v) is 3.65. The van der Waals surface area contributed by atoms with E-state index in [4.69, 9.17) is 0 Å². The number of hydrogen-bond donors (Lipinski definition) is 3. The smallest absolute Gasteiger partial charge is 0.326 e. The van der Waals surface area contributed by atoms with Crippen LogP contribution in [0.5, 0.6) is 5.88 Å². The van der Waals surface area contributed by atoms with Gasteiger partial charge in [-0.25, -0.2) is 9.79 Å². The molecule has 1 saturated carbocycles. The van der Waals surface area contributed by atoms with Crippen LogP contribution in [-0.4, -0.2) is 54.8 Å². The minimum absolute atomic E-state index is 0.232. The van der Waals surface area contributed by atoms with Crippen molar-refractivity contribution in [3.8, 4) is 5.88 Å². The molecule has 0 saturated heterocycles. The lowest BCUT2D eigenvalue weighted by Crippen LogP contribution is -2.27. The first-order chi connectivity index (χ1) is 11.5. The van der Waals surface area contributed by atoms with Gasteiger partial charge in [-0.1, -0.05) is 0 Å². The Morgan fingerprint density at radius 2 is 2.17 bits per heavy atom. The van der Waals surface area contributed by atoms with Crippen LogP contribution in [0.3, 0.4) is 0 Å². The van der Waals surface area contributed by atoms with Crippen molar-refractivity contribution < 1.29 is 5.11 Å². The summed E-state index contributed by atoms with van der Waals surface area (Å²) < 4.78 is 1.57. The fraction of sp³-hybridized carbons (Fsp3) is 0.357. The van der Waals surface area contributed by atoms with Gasteiger partial charge in [0, 0.05) is 19.3 Å². The second kappa shape index (κ2) is 5.18. The number of nitrogens with one attached hydrogen (secondary N) is 2. The monoisotopic (exact) mass is 328 g/mol. The molecule has 0 aromatic carbocycles. The van der Waals surface area contributed by atoms with Gasteiger partial charge < -0.3 is 15.0 Å². The Morgan fingerprint density at radius 3 is 2.79 bits per heavy atom. The molecule has 124 valence electrons. The van der Waals surface area contributed by atoms with E-state index in [0.717, 1.165) is 12.8 Å². The summed E-state index contributed by atoms with van der Waals surface area (Å²) in [5.74, 6) is 0.285. The van der Waals surface area contributed by atoms with Crippen LogP contribution in [0.4, 0.5) is 5.95 Å². The molecule has 3 aromatic rings. The van der Waals surface area contributed by atoms with Gasteiger partial charge in [0.15, 0.2) is 5.65 Å². The molecule has 0 atom stereocenters. The Bertz CT molecular complexity index is 1090. The van der Waals surface area contributed by atoms with Crippen molar-refractivity contribution in [2.45, 2.75) is 18.9 Å². The van der Waals surface area contributed by atoms with Crippen LogP contribution in [0, 0.1) is 0 Å². The molecule has 3 N–H and O–H groups in total. The Kier molecular flexibility index (Phi) is 3.12. The summed E-state index contributed by atoms with van der Waals surface area (Å²) in [6, 6.07) is 0.291. The van der Waals surface area contributed by atoms with E-state index >= 15 is 0 Å². The average Bonchev–Trinajstić information content (AvgIpc) is 3.16. The van der Waals surface area contributed by atoms with Gasteiger partial charge in [0.1, 0.15) is 5.69 Å². The number of aromatic amines is 2. The van der Waals surface area contributed by atoms with Gasteiger partial charge in [-0.3, -0.25) is 4.98 Å². The van der Waals surface area contributed by atoms with E-state index in [1.807, 2.05) is 14.1 Å². The van der Waals surface area contributed by atoms with Crippen LogP contribution in [-0.2, 0) is 0 Å². The number of imidazole rings is 1. The molecule has 0 amide bonds. The van der Waals surface area contributed by atoms with Crippen molar-refractivity contribution in [3.63, 3.8) is 0 Å². The first-order valence-corrected chi connectivity index (χ1v) is 7.51. The highest BCUT2D eigenvalue weighted by Gasteiger charge is 2.21. The minimum atomic E-state index is -0.483.